The molecule has 1 heterocycles. The quantitative estimate of drug-likeness (QED) is 0.756. The van der Waals surface area contributed by atoms with Crippen LogP contribution in [-0.2, 0) is 9.59 Å². The summed E-state index contributed by atoms with van der Waals surface area (Å²) in [7, 11) is 0. The first-order valence-corrected chi connectivity index (χ1v) is 8.94. The molecule has 24 heavy (non-hydrogen) atoms. The lowest BCUT2D eigenvalue weighted by atomic mass is 9.99. The molecule has 1 atom stereocenters. The summed E-state index contributed by atoms with van der Waals surface area (Å²) >= 11 is 0. The normalized spacial score (nSPS) is 14.8. The van der Waals surface area contributed by atoms with E-state index in [1.54, 1.807) is 4.90 Å². The molecule has 132 valence electrons. The Bertz CT molecular complexity index is 559. The van der Waals surface area contributed by atoms with Gasteiger partial charge in [-0.1, -0.05) is 45.2 Å². The molecule has 0 bridgehead atoms. The van der Waals surface area contributed by atoms with Crippen LogP contribution in [0.2, 0.25) is 0 Å². The molecule has 0 aliphatic carbocycles. The average Bonchev–Trinajstić information content (AvgIpc) is 2.61. The number of ether oxygens (including phenoxy) is 1. The largest absolute Gasteiger partial charge is 0.482 e. The molecule has 1 N–H and O–H groups in total. The Kier molecular flexibility index (Phi) is 7.09. The van der Waals surface area contributed by atoms with Crippen molar-refractivity contribution < 1.29 is 14.3 Å². The van der Waals surface area contributed by atoms with Crippen molar-refractivity contribution in [3.63, 3.8) is 0 Å². The third-order valence-corrected chi connectivity index (χ3v) is 4.50. The minimum atomic E-state index is -0.101. The molecule has 0 radical (unpaired) electrons. The van der Waals surface area contributed by atoms with Gasteiger partial charge in [-0.2, -0.15) is 0 Å². The van der Waals surface area contributed by atoms with Crippen molar-refractivity contribution in [3.8, 4) is 5.75 Å². The summed E-state index contributed by atoms with van der Waals surface area (Å²) in [6.07, 6.45) is 4.93. The highest BCUT2D eigenvalue weighted by molar-refractivity contribution is 5.98. The van der Waals surface area contributed by atoms with Crippen molar-refractivity contribution >= 4 is 17.5 Å². The van der Waals surface area contributed by atoms with Gasteiger partial charge in [0.05, 0.1) is 5.69 Å². The second-order valence-corrected chi connectivity index (χ2v) is 6.27. The molecule has 1 aliphatic rings. The summed E-state index contributed by atoms with van der Waals surface area (Å²) in [6.45, 7) is 5.49. The fourth-order valence-corrected chi connectivity index (χ4v) is 2.90. The SMILES string of the molecule is CCCCC(CC)CNC(=O)CCN1C(=O)COc2ccccc21. The van der Waals surface area contributed by atoms with Crippen LogP contribution in [0.1, 0.15) is 46.0 Å². The van der Waals surface area contributed by atoms with E-state index in [2.05, 4.69) is 19.2 Å². The van der Waals surface area contributed by atoms with Gasteiger partial charge in [0.15, 0.2) is 6.61 Å². The molecule has 0 saturated heterocycles. The lowest BCUT2D eigenvalue weighted by Gasteiger charge is -2.29. The van der Waals surface area contributed by atoms with Crippen LogP contribution in [0.15, 0.2) is 24.3 Å². The molecule has 1 aliphatic heterocycles. The number of carbonyl (C=O) groups is 2. The topological polar surface area (TPSA) is 58.6 Å². The lowest BCUT2D eigenvalue weighted by molar-refractivity contribution is -0.122. The first kappa shape index (κ1) is 18.3. The molecule has 2 rings (SSSR count). The maximum atomic E-state index is 12.1. The average molecular weight is 332 g/mol. The summed E-state index contributed by atoms with van der Waals surface area (Å²) in [6, 6.07) is 7.44. The second kappa shape index (κ2) is 9.30. The van der Waals surface area contributed by atoms with E-state index in [1.807, 2.05) is 24.3 Å². The maximum Gasteiger partial charge on any atom is 0.265 e. The Morgan fingerprint density at radius 2 is 2.12 bits per heavy atom. The van der Waals surface area contributed by atoms with Crippen molar-refractivity contribution in [1.29, 1.82) is 0 Å². The number of hydrogen-bond donors (Lipinski definition) is 1. The number of nitrogens with one attached hydrogen (secondary N) is 1. The second-order valence-electron chi connectivity index (χ2n) is 6.27. The molecule has 1 aromatic carbocycles. The van der Waals surface area contributed by atoms with Gasteiger partial charge in [0.1, 0.15) is 5.75 Å². The smallest absolute Gasteiger partial charge is 0.265 e. The third kappa shape index (κ3) is 4.98. The van der Waals surface area contributed by atoms with Gasteiger partial charge in [-0.15, -0.1) is 0 Å². The van der Waals surface area contributed by atoms with E-state index in [0.717, 1.165) is 25.1 Å². The van der Waals surface area contributed by atoms with Crippen LogP contribution in [0.5, 0.6) is 5.75 Å². The molecular formula is C19H28N2O3. The molecule has 5 heteroatoms. The van der Waals surface area contributed by atoms with Crippen molar-refractivity contribution in [2.75, 3.05) is 24.6 Å². The third-order valence-electron chi connectivity index (χ3n) is 4.50. The highest BCUT2D eigenvalue weighted by Gasteiger charge is 2.25. The number of hydrogen-bond acceptors (Lipinski definition) is 3. The van der Waals surface area contributed by atoms with E-state index in [9.17, 15) is 9.59 Å². The highest BCUT2D eigenvalue weighted by Crippen LogP contribution is 2.31. The predicted octanol–water partition coefficient (Wildman–Crippen LogP) is 3.13. The molecule has 0 saturated carbocycles. The number of anilines is 1. The van der Waals surface area contributed by atoms with Crippen molar-refractivity contribution in [3.05, 3.63) is 24.3 Å². The monoisotopic (exact) mass is 332 g/mol. The summed E-state index contributed by atoms with van der Waals surface area (Å²) in [5, 5.41) is 3.01. The van der Waals surface area contributed by atoms with E-state index in [-0.39, 0.29) is 18.4 Å². The van der Waals surface area contributed by atoms with E-state index in [0.29, 0.717) is 24.6 Å². The van der Waals surface area contributed by atoms with Gasteiger partial charge in [0.25, 0.3) is 5.91 Å². The number of para-hydroxylation sites is 2. The molecule has 1 aromatic rings. The van der Waals surface area contributed by atoms with Crippen LogP contribution < -0.4 is 15.0 Å². The van der Waals surface area contributed by atoms with Crippen molar-refractivity contribution in [2.24, 2.45) is 5.92 Å². The summed E-state index contributed by atoms with van der Waals surface area (Å²) in [5.41, 5.74) is 0.746. The highest BCUT2D eigenvalue weighted by atomic mass is 16.5. The van der Waals surface area contributed by atoms with Crippen molar-refractivity contribution in [1.82, 2.24) is 5.32 Å². The number of rotatable bonds is 9. The standard InChI is InChI=1S/C19H28N2O3/c1-3-5-8-15(4-2)13-20-18(22)11-12-21-16-9-6-7-10-17(16)24-14-19(21)23/h6-7,9-10,15H,3-5,8,11-14H2,1-2H3,(H,20,22). The van der Waals surface area contributed by atoms with E-state index >= 15 is 0 Å². The van der Waals surface area contributed by atoms with E-state index in [4.69, 9.17) is 4.74 Å². The lowest BCUT2D eigenvalue weighted by Crippen LogP contribution is -2.41. The van der Waals surface area contributed by atoms with Crippen LogP contribution in [0, 0.1) is 5.92 Å². The molecule has 5 nitrogen and oxygen atoms in total. The Morgan fingerprint density at radius 3 is 2.88 bits per heavy atom. The Morgan fingerprint density at radius 1 is 1.33 bits per heavy atom. The number of benzene rings is 1. The Balaban J connectivity index is 1.82. The first-order chi connectivity index (χ1) is 11.7. The number of amides is 2. The Hall–Kier alpha value is -2.04. The molecule has 0 aromatic heterocycles. The van der Waals surface area contributed by atoms with Crippen LogP contribution in [-0.4, -0.2) is 31.5 Å². The van der Waals surface area contributed by atoms with Crippen LogP contribution in [0.25, 0.3) is 0 Å². The molecule has 2 amide bonds. The summed E-state index contributed by atoms with van der Waals surface area (Å²) in [4.78, 5) is 25.8. The Labute approximate surface area is 144 Å². The van der Waals surface area contributed by atoms with Gasteiger partial charge >= 0.3 is 0 Å². The molecule has 0 spiro atoms. The molecular weight excluding hydrogens is 304 g/mol. The van der Waals surface area contributed by atoms with Gasteiger partial charge in [0, 0.05) is 19.5 Å². The van der Waals surface area contributed by atoms with Crippen molar-refractivity contribution in [2.45, 2.75) is 46.0 Å². The molecule has 1 unspecified atom stereocenters. The minimum Gasteiger partial charge on any atom is -0.482 e. The minimum absolute atomic E-state index is 0.00159. The van der Waals surface area contributed by atoms with Gasteiger partial charge < -0.3 is 15.0 Å². The fraction of sp³-hybridized carbons (Fsp3) is 0.579. The van der Waals surface area contributed by atoms with Crippen LogP contribution in [0.4, 0.5) is 5.69 Å². The van der Waals surface area contributed by atoms with E-state index < -0.39 is 0 Å². The van der Waals surface area contributed by atoms with Gasteiger partial charge in [0.2, 0.25) is 5.91 Å². The summed E-state index contributed by atoms with van der Waals surface area (Å²) < 4.78 is 5.41. The number of nitrogens with zero attached hydrogens (tertiary/aromatic N) is 1. The van der Waals surface area contributed by atoms with Crippen LogP contribution in [0.3, 0.4) is 0 Å². The van der Waals surface area contributed by atoms with Gasteiger partial charge in [-0.05, 0) is 24.5 Å². The molecule has 0 fully saturated rings. The number of unbranched alkanes of at least 4 members (excludes halogenated alkanes) is 1. The zero-order valence-corrected chi connectivity index (χ0v) is 14.7. The predicted molar refractivity (Wildman–Crippen MR) is 95.2 cm³/mol. The van der Waals surface area contributed by atoms with Crippen LogP contribution >= 0.6 is 0 Å². The van der Waals surface area contributed by atoms with E-state index in [1.165, 1.54) is 12.8 Å². The van der Waals surface area contributed by atoms with Gasteiger partial charge in [-0.25, -0.2) is 0 Å². The number of carbonyl (C=O) groups excluding carboxylic acids is 2. The first-order valence-electron chi connectivity index (χ1n) is 8.94. The summed E-state index contributed by atoms with van der Waals surface area (Å²) in [5.74, 6) is 1.14. The number of fused-ring (bicyclic) bond motifs is 1. The zero-order chi connectivity index (χ0) is 17.4. The fourth-order valence-electron chi connectivity index (χ4n) is 2.90. The zero-order valence-electron chi connectivity index (χ0n) is 14.7. The maximum absolute atomic E-state index is 12.1. The van der Waals surface area contributed by atoms with Gasteiger partial charge in [-0.3, -0.25) is 9.59 Å².